The highest BCUT2D eigenvalue weighted by Gasteiger charge is 2.28. The highest BCUT2D eigenvalue weighted by Crippen LogP contribution is 2.34. The van der Waals surface area contributed by atoms with Gasteiger partial charge >= 0.3 is 0 Å². The third-order valence-electron chi connectivity index (χ3n) is 4.25. The van der Waals surface area contributed by atoms with Crippen LogP contribution in [-0.4, -0.2) is 21.7 Å². The van der Waals surface area contributed by atoms with Gasteiger partial charge in [-0.1, -0.05) is 24.3 Å². The summed E-state index contributed by atoms with van der Waals surface area (Å²) >= 11 is 1.65. The van der Waals surface area contributed by atoms with Crippen LogP contribution in [0.15, 0.2) is 54.0 Å². The van der Waals surface area contributed by atoms with Crippen molar-refractivity contribution in [3.63, 3.8) is 0 Å². The normalized spacial score (nSPS) is 16.3. The summed E-state index contributed by atoms with van der Waals surface area (Å²) in [6, 6.07) is 12.9. The summed E-state index contributed by atoms with van der Waals surface area (Å²) in [5.74, 6) is 0.165. The standard InChI is InChI=1S/C19H15N3O2S/c23-16-10-13(17-7-4-8-25-17)9-15-14(16)11-20-19(21-15)22-18(24)12-5-2-1-3-6-12/h1-8,11,13H,9-10H2,(H,20,21,22,24)/t13-/m1/s1. The number of amides is 1. The molecule has 1 aromatic carbocycles. The number of benzene rings is 1. The molecular formula is C19H15N3O2S. The lowest BCUT2D eigenvalue weighted by molar-refractivity contribution is 0.0963. The van der Waals surface area contributed by atoms with E-state index >= 15 is 0 Å². The number of fused-ring (bicyclic) bond motifs is 1. The van der Waals surface area contributed by atoms with E-state index in [1.165, 1.54) is 11.1 Å². The largest absolute Gasteiger partial charge is 0.294 e. The van der Waals surface area contributed by atoms with Crippen molar-refractivity contribution in [3.8, 4) is 0 Å². The molecule has 1 amide bonds. The maximum absolute atomic E-state index is 12.4. The third kappa shape index (κ3) is 3.21. The fourth-order valence-electron chi connectivity index (χ4n) is 2.99. The van der Waals surface area contributed by atoms with Gasteiger partial charge in [0.2, 0.25) is 5.95 Å². The van der Waals surface area contributed by atoms with Crippen molar-refractivity contribution in [3.05, 3.63) is 75.7 Å². The second-order valence-electron chi connectivity index (χ2n) is 5.92. The highest BCUT2D eigenvalue weighted by atomic mass is 32.1. The maximum atomic E-state index is 12.4. The summed E-state index contributed by atoms with van der Waals surface area (Å²) in [5.41, 5.74) is 1.80. The summed E-state index contributed by atoms with van der Waals surface area (Å²) in [7, 11) is 0. The minimum atomic E-state index is -0.266. The molecule has 0 radical (unpaired) electrons. The Kier molecular flexibility index (Phi) is 4.11. The van der Waals surface area contributed by atoms with Gasteiger partial charge in [-0.25, -0.2) is 9.97 Å². The predicted octanol–water partition coefficient (Wildman–Crippen LogP) is 3.70. The summed E-state index contributed by atoms with van der Waals surface area (Å²) in [5, 5.41) is 4.72. The zero-order valence-electron chi connectivity index (χ0n) is 13.3. The average molecular weight is 349 g/mol. The molecule has 2 heterocycles. The predicted molar refractivity (Wildman–Crippen MR) is 96.1 cm³/mol. The van der Waals surface area contributed by atoms with Crippen LogP contribution in [0.3, 0.4) is 0 Å². The molecule has 0 aliphatic heterocycles. The number of hydrogen-bond donors (Lipinski definition) is 1. The monoisotopic (exact) mass is 349 g/mol. The van der Waals surface area contributed by atoms with Gasteiger partial charge in [0.1, 0.15) is 0 Å². The number of nitrogens with one attached hydrogen (secondary N) is 1. The number of thiophene rings is 1. The maximum Gasteiger partial charge on any atom is 0.258 e. The first-order valence-electron chi connectivity index (χ1n) is 7.99. The molecule has 2 aromatic heterocycles. The third-order valence-corrected chi connectivity index (χ3v) is 5.28. The number of anilines is 1. The molecule has 0 bridgehead atoms. The fraction of sp³-hybridized carbons (Fsp3) is 0.158. The van der Waals surface area contributed by atoms with E-state index in [1.807, 2.05) is 23.6 Å². The number of aromatic nitrogens is 2. The van der Waals surface area contributed by atoms with Crippen LogP contribution in [0.1, 0.15) is 43.6 Å². The second kappa shape index (κ2) is 6.57. The zero-order valence-corrected chi connectivity index (χ0v) is 14.1. The van der Waals surface area contributed by atoms with Gasteiger partial charge in [0, 0.05) is 29.0 Å². The van der Waals surface area contributed by atoms with E-state index in [0.717, 1.165) is 0 Å². The highest BCUT2D eigenvalue weighted by molar-refractivity contribution is 7.10. The van der Waals surface area contributed by atoms with Gasteiger partial charge in [0.05, 0.1) is 11.3 Å². The Bertz CT molecular complexity index is 923. The number of ketones is 1. The quantitative estimate of drug-likeness (QED) is 0.782. The lowest BCUT2D eigenvalue weighted by atomic mass is 9.86. The van der Waals surface area contributed by atoms with Crippen molar-refractivity contribution in [2.24, 2.45) is 0 Å². The minimum Gasteiger partial charge on any atom is -0.294 e. The van der Waals surface area contributed by atoms with E-state index in [-0.39, 0.29) is 23.6 Å². The smallest absolute Gasteiger partial charge is 0.258 e. The molecule has 4 rings (SSSR count). The molecule has 0 spiro atoms. The number of nitrogens with zero attached hydrogens (tertiary/aromatic N) is 2. The van der Waals surface area contributed by atoms with Crippen LogP contribution in [0.2, 0.25) is 0 Å². The first-order chi connectivity index (χ1) is 12.2. The van der Waals surface area contributed by atoms with Crippen molar-refractivity contribution in [1.29, 1.82) is 0 Å². The zero-order chi connectivity index (χ0) is 17.2. The summed E-state index contributed by atoms with van der Waals surface area (Å²) < 4.78 is 0. The molecule has 1 atom stereocenters. The average Bonchev–Trinajstić information content (AvgIpc) is 3.17. The molecule has 124 valence electrons. The van der Waals surface area contributed by atoms with Crippen LogP contribution in [0.4, 0.5) is 5.95 Å². The first-order valence-corrected chi connectivity index (χ1v) is 8.87. The van der Waals surface area contributed by atoms with Crippen LogP contribution in [0, 0.1) is 0 Å². The Labute approximate surface area is 148 Å². The number of hydrogen-bond acceptors (Lipinski definition) is 5. The molecule has 1 aliphatic carbocycles. The van der Waals surface area contributed by atoms with E-state index in [0.29, 0.717) is 29.7 Å². The molecule has 25 heavy (non-hydrogen) atoms. The molecule has 0 saturated heterocycles. The molecular weight excluding hydrogens is 334 g/mol. The summed E-state index contributed by atoms with van der Waals surface area (Å²) in [4.78, 5) is 34.4. The Morgan fingerprint density at radius 2 is 1.96 bits per heavy atom. The Hall–Kier alpha value is -2.86. The summed E-state index contributed by atoms with van der Waals surface area (Å²) in [6.07, 6.45) is 2.68. The van der Waals surface area contributed by atoms with Crippen LogP contribution >= 0.6 is 11.3 Å². The van der Waals surface area contributed by atoms with Crippen molar-refractivity contribution < 1.29 is 9.59 Å². The lowest BCUT2D eigenvalue weighted by Crippen LogP contribution is -2.22. The van der Waals surface area contributed by atoms with Crippen molar-refractivity contribution in [2.45, 2.75) is 18.8 Å². The Morgan fingerprint density at radius 1 is 1.12 bits per heavy atom. The van der Waals surface area contributed by atoms with E-state index in [9.17, 15) is 9.59 Å². The molecule has 6 heteroatoms. The van der Waals surface area contributed by atoms with Gasteiger partial charge < -0.3 is 0 Å². The van der Waals surface area contributed by atoms with E-state index < -0.39 is 0 Å². The van der Waals surface area contributed by atoms with Gasteiger partial charge in [0.25, 0.3) is 5.91 Å². The van der Waals surface area contributed by atoms with Crippen LogP contribution in [0.25, 0.3) is 0 Å². The summed E-state index contributed by atoms with van der Waals surface area (Å²) in [6.45, 7) is 0. The van der Waals surface area contributed by atoms with Crippen LogP contribution in [-0.2, 0) is 6.42 Å². The van der Waals surface area contributed by atoms with Crippen LogP contribution in [0.5, 0.6) is 0 Å². The van der Waals surface area contributed by atoms with Crippen LogP contribution < -0.4 is 5.32 Å². The SMILES string of the molecule is O=C(Nc1ncc2c(n1)C[C@@H](c1cccs1)CC2=O)c1ccccc1. The van der Waals surface area contributed by atoms with Gasteiger partial charge in [-0.05, 0) is 30.0 Å². The number of Topliss-reactive ketones (excluding diaryl/α,β-unsaturated/α-hetero) is 1. The Balaban J connectivity index is 1.58. The molecule has 3 aromatic rings. The van der Waals surface area contributed by atoms with Gasteiger partial charge in [-0.3, -0.25) is 14.9 Å². The van der Waals surface area contributed by atoms with E-state index in [2.05, 4.69) is 15.3 Å². The van der Waals surface area contributed by atoms with Crippen molar-refractivity contribution in [1.82, 2.24) is 9.97 Å². The second-order valence-corrected chi connectivity index (χ2v) is 6.90. The van der Waals surface area contributed by atoms with Crippen molar-refractivity contribution >= 4 is 29.0 Å². The fourth-order valence-corrected chi connectivity index (χ4v) is 3.82. The first kappa shape index (κ1) is 15.7. The molecule has 0 fully saturated rings. The van der Waals surface area contributed by atoms with Gasteiger partial charge in [0.15, 0.2) is 5.78 Å². The van der Waals surface area contributed by atoms with Gasteiger partial charge in [-0.15, -0.1) is 11.3 Å². The molecule has 0 saturated carbocycles. The Morgan fingerprint density at radius 3 is 2.72 bits per heavy atom. The molecule has 0 unspecified atom stereocenters. The van der Waals surface area contributed by atoms with Crippen molar-refractivity contribution in [2.75, 3.05) is 5.32 Å². The molecule has 1 N–H and O–H groups in total. The topological polar surface area (TPSA) is 72.0 Å². The molecule has 5 nitrogen and oxygen atoms in total. The minimum absolute atomic E-state index is 0.0561. The van der Waals surface area contributed by atoms with E-state index in [4.69, 9.17) is 0 Å². The molecule has 1 aliphatic rings. The lowest BCUT2D eigenvalue weighted by Gasteiger charge is -2.22. The number of rotatable bonds is 3. The number of carbonyl (C=O) groups is 2. The van der Waals surface area contributed by atoms with E-state index in [1.54, 1.807) is 35.6 Å². The van der Waals surface area contributed by atoms with Gasteiger partial charge in [-0.2, -0.15) is 0 Å². The number of carbonyl (C=O) groups excluding carboxylic acids is 2.